The first-order chi connectivity index (χ1) is 9.31. The maximum atomic E-state index is 10.8. The number of primary amides is 1. The first kappa shape index (κ1) is 16.2. The molecule has 0 aromatic heterocycles. The zero-order valence-electron chi connectivity index (χ0n) is 11.4. The van der Waals surface area contributed by atoms with Crippen molar-refractivity contribution in [2.75, 3.05) is 7.05 Å². The van der Waals surface area contributed by atoms with E-state index in [2.05, 4.69) is 17.3 Å². The molecule has 0 aliphatic carbocycles. The Labute approximate surface area is 116 Å². The Morgan fingerprint density at radius 3 is 1.90 bits per heavy atom. The lowest BCUT2D eigenvalue weighted by Gasteiger charge is -2.47. The Kier molecular flexibility index (Phi) is 5.75. The van der Waals surface area contributed by atoms with Gasteiger partial charge in [-0.05, 0) is 32.7 Å². The third-order valence-corrected chi connectivity index (χ3v) is 3.87. The third kappa shape index (κ3) is 4.69. The van der Waals surface area contributed by atoms with Gasteiger partial charge in [-0.25, -0.2) is 14.4 Å². The summed E-state index contributed by atoms with van der Waals surface area (Å²) in [5.74, 6) is -3.65. The summed E-state index contributed by atoms with van der Waals surface area (Å²) in [4.78, 5) is 31.4. The second kappa shape index (κ2) is 7.09. The van der Waals surface area contributed by atoms with E-state index in [1.807, 2.05) is 0 Å². The van der Waals surface area contributed by atoms with Crippen LogP contribution in [0, 0.1) is 0 Å². The van der Waals surface area contributed by atoms with Crippen LogP contribution in [0.1, 0.15) is 32.1 Å². The summed E-state index contributed by atoms with van der Waals surface area (Å²) < 4.78 is 0. The van der Waals surface area contributed by atoms with Crippen LogP contribution in [-0.4, -0.2) is 58.3 Å². The number of carbonyl (C=O) groups is 3. The molecule has 2 aliphatic heterocycles. The van der Waals surface area contributed by atoms with E-state index in [0.29, 0.717) is 18.1 Å². The molecule has 2 aliphatic rings. The molecule has 2 fully saturated rings. The van der Waals surface area contributed by atoms with Gasteiger partial charge in [0.05, 0.1) is 0 Å². The first-order valence-corrected chi connectivity index (χ1v) is 6.55. The molecular formula is C12H21N3O5. The molecule has 8 heteroatoms. The van der Waals surface area contributed by atoms with Gasteiger partial charge < -0.3 is 26.2 Å². The minimum absolute atomic E-state index is 0.305. The average molecular weight is 287 g/mol. The zero-order chi connectivity index (χ0) is 15.3. The number of carboxylic acid groups (broad SMARTS) is 2. The molecule has 2 unspecified atom stereocenters. The second-order valence-electron chi connectivity index (χ2n) is 5.19. The standard InChI is InChI=1S/C10H19N3O.C2H2O4/c1-13-8-3-2-4-9(13)6-7(5-8)12-10(11)14;3-1(4)2(5)6/h7-9H,2-6H2,1H3,(H3,11,12,14);(H,3,4)(H,5,6). The number of piperidine rings is 2. The molecule has 2 amide bonds. The fourth-order valence-corrected chi connectivity index (χ4v) is 2.93. The number of nitrogens with one attached hydrogen (secondary N) is 1. The fraction of sp³-hybridized carbons (Fsp3) is 0.750. The third-order valence-electron chi connectivity index (χ3n) is 3.87. The summed E-state index contributed by atoms with van der Waals surface area (Å²) in [7, 11) is 2.20. The van der Waals surface area contributed by atoms with Crippen LogP contribution in [0.25, 0.3) is 0 Å². The summed E-state index contributed by atoms with van der Waals surface area (Å²) in [6, 6.07) is 1.23. The van der Waals surface area contributed by atoms with E-state index >= 15 is 0 Å². The minimum atomic E-state index is -1.82. The number of hydrogen-bond donors (Lipinski definition) is 4. The SMILES string of the molecule is CN1C2CCCC1CC(NC(N)=O)C2.O=C(O)C(=O)O. The molecule has 2 bridgehead atoms. The van der Waals surface area contributed by atoms with Gasteiger partial charge in [0.25, 0.3) is 0 Å². The molecule has 20 heavy (non-hydrogen) atoms. The van der Waals surface area contributed by atoms with Crippen LogP contribution in [0.4, 0.5) is 4.79 Å². The van der Waals surface area contributed by atoms with Gasteiger partial charge in [0.15, 0.2) is 0 Å². The smallest absolute Gasteiger partial charge is 0.414 e. The number of urea groups is 1. The molecule has 2 atom stereocenters. The summed E-state index contributed by atoms with van der Waals surface area (Å²) in [5.41, 5.74) is 5.14. The lowest BCUT2D eigenvalue weighted by molar-refractivity contribution is -0.159. The number of aliphatic carboxylic acids is 2. The van der Waals surface area contributed by atoms with E-state index in [-0.39, 0.29) is 6.03 Å². The number of nitrogens with two attached hydrogens (primary N) is 1. The van der Waals surface area contributed by atoms with Gasteiger partial charge in [-0.1, -0.05) is 6.42 Å². The number of fused-ring (bicyclic) bond motifs is 2. The molecule has 5 N–H and O–H groups in total. The summed E-state index contributed by atoms with van der Waals surface area (Å²) >= 11 is 0. The highest BCUT2D eigenvalue weighted by Gasteiger charge is 2.36. The van der Waals surface area contributed by atoms with Crippen molar-refractivity contribution < 1.29 is 24.6 Å². The van der Waals surface area contributed by atoms with Crippen LogP contribution < -0.4 is 11.1 Å². The van der Waals surface area contributed by atoms with Gasteiger partial charge in [-0.2, -0.15) is 0 Å². The van der Waals surface area contributed by atoms with Crippen molar-refractivity contribution in [2.24, 2.45) is 5.73 Å². The van der Waals surface area contributed by atoms with Gasteiger partial charge in [-0.15, -0.1) is 0 Å². The predicted molar refractivity (Wildman–Crippen MR) is 70.2 cm³/mol. The monoisotopic (exact) mass is 287 g/mol. The molecule has 2 rings (SSSR count). The van der Waals surface area contributed by atoms with Crippen molar-refractivity contribution in [2.45, 2.75) is 50.2 Å². The fourth-order valence-electron chi connectivity index (χ4n) is 2.93. The van der Waals surface area contributed by atoms with Crippen LogP contribution in [-0.2, 0) is 9.59 Å². The number of amides is 2. The van der Waals surface area contributed by atoms with Gasteiger partial charge in [0.1, 0.15) is 0 Å². The quantitative estimate of drug-likeness (QED) is 0.495. The molecule has 0 aromatic carbocycles. The number of rotatable bonds is 1. The molecule has 2 heterocycles. The molecule has 0 radical (unpaired) electrons. The van der Waals surface area contributed by atoms with Crippen LogP contribution in [0.5, 0.6) is 0 Å². The van der Waals surface area contributed by atoms with E-state index in [1.165, 1.54) is 19.3 Å². The molecule has 114 valence electrons. The van der Waals surface area contributed by atoms with Crippen LogP contribution in [0.3, 0.4) is 0 Å². The van der Waals surface area contributed by atoms with Crippen LogP contribution in [0.15, 0.2) is 0 Å². The van der Waals surface area contributed by atoms with E-state index < -0.39 is 11.9 Å². The van der Waals surface area contributed by atoms with E-state index in [9.17, 15) is 4.79 Å². The Balaban J connectivity index is 0.000000286. The van der Waals surface area contributed by atoms with Crippen molar-refractivity contribution in [1.29, 1.82) is 0 Å². The van der Waals surface area contributed by atoms with Gasteiger partial charge >= 0.3 is 18.0 Å². The highest BCUT2D eigenvalue weighted by molar-refractivity contribution is 6.27. The zero-order valence-corrected chi connectivity index (χ0v) is 11.4. The molecule has 8 nitrogen and oxygen atoms in total. The maximum absolute atomic E-state index is 10.8. The highest BCUT2D eigenvalue weighted by Crippen LogP contribution is 2.32. The molecule has 0 aromatic rings. The van der Waals surface area contributed by atoms with Crippen molar-refractivity contribution in [3.63, 3.8) is 0 Å². The molecule has 0 saturated carbocycles. The van der Waals surface area contributed by atoms with E-state index in [1.54, 1.807) is 0 Å². The van der Waals surface area contributed by atoms with Gasteiger partial charge in [0, 0.05) is 18.1 Å². The van der Waals surface area contributed by atoms with Gasteiger partial charge in [-0.3, -0.25) is 0 Å². The summed E-state index contributed by atoms with van der Waals surface area (Å²) in [6.45, 7) is 0. The number of carboxylic acids is 2. The Morgan fingerprint density at radius 2 is 1.55 bits per heavy atom. The minimum Gasteiger partial charge on any atom is -0.473 e. The number of hydrogen-bond acceptors (Lipinski definition) is 4. The molecule has 0 spiro atoms. The summed E-state index contributed by atoms with van der Waals surface area (Å²) in [6.07, 6.45) is 6.00. The topological polar surface area (TPSA) is 133 Å². The maximum Gasteiger partial charge on any atom is 0.414 e. The Bertz CT molecular complexity index is 361. The number of carbonyl (C=O) groups excluding carboxylic acids is 1. The van der Waals surface area contributed by atoms with Crippen molar-refractivity contribution in [3.8, 4) is 0 Å². The van der Waals surface area contributed by atoms with Crippen molar-refractivity contribution in [1.82, 2.24) is 10.2 Å². The Hall–Kier alpha value is -1.83. The molecular weight excluding hydrogens is 266 g/mol. The normalized spacial score (nSPS) is 28.8. The lowest BCUT2D eigenvalue weighted by atomic mass is 9.82. The van der Waals surface area contributed by atoms with E-state index in [0.717, 1.165) is 12.8 Å². The first-order valence-electron chi connectivity index (χ1n) is 6.55. The van der Waals surface area contributed by atoms with Crippen molar-refractivity contribution in [3.05, 3.63) is 0 Å². The second-order valence-corrected chi connectivity index (χ2v) is 5.19. The largest absolute Gasteiger partial charge is 0.473 e. The predicted octanol–water partition coefficient (Wildman–Crippen LogP) is -0.174. The van der Waals surface area contributed by atoms with Gasteiger partial charge in [0.2, 0.25) is 0 Å². The Morgan fingerprint density at radius 1 is 1.10 bits per heavy atom. The van der Waals surface area contributed by atoms with Crippen LogP contribution in [0.2, 0.25) is 0 Å². The summed E-state index contributed by atoms with van der Waals surface area (Å²) in [5, 5.41) is 17.6. The average Bonchev–Trinajstić information content (AvgIpc) is 2.30. The highest BCUT2D eigenvalue weighted by atomic mass is 16.4. The lowest BCUT2D eigenvalue weighted by Crippen LogP contribution is -2.55. The van der Waals surface area contributed by atoms with E-state index in [4.69, 9.17) is 25.5 Å². The van der Waals surface area contributed by atoms with Crippen molar-refractivity contribution >= 4 is 18.0 Å². The van der Waals surface area contributed by atoms with Crippen LogP contribution >= 0.6 is 0 Å². The molecule has 2 saturated heterocycles. The number of nitrogens with zero attached hydrogens (tertiary/aromatic N) is 1.